The van der Waals surface area contributed by atoms with Crippen LogP contribution >= 0.6 is 0 Å². The Hall–Kier alpha value is -3.06. The van der Waals surface area contributed by atoms with Gasteiger partial charge in [-0.3, -0.25) is 14.8 Å². The molecule has 0 aliphatic carbocycles. The van der Waals surface area contributed by atoms with E-state index in [1.54, 1.807) is 22.6 Å². The maximum atomic E-state index is 13.0. The van der Waals surface area contributed by atoms with Gasteiger partial charge in [-0.25, -0.2) is 5.48 Å². The number of aryl methyl sites for hydroxylation is 2. The molecule has 1 aliphatic rings. The van der Waals surface area contributed by atoms with Crippen LogP contribution in [0.15, 0.2) is 30.5 Å². The zero-order valence-corrected chi connectivity index (χ0v) is 14.7. The van der Waals surface area contributed by atoms with Crippen LogP contribution in [0.2, 0.25) is 0 Å². The highest BCUT2D eigenvalue weighted by Crippen LogP contribution is 2.25. The summed E-state index contributed by atoms with van der Waals surface area (Å²) in [5.41, 5.74) is 6.57. The summed E-state index contributed by atoms with van der Waals surface area (Å²) in [7, 11) is 0. The van der Waals surface area contributed by atoms with E-state index in [9.17, 15) is 9.59 Å². The molecule has 134 valence electrons. The first-order chi connectivity index (χ1) is 12.5. The van der Waals surface area contributed by atoms with E-state index >= 15 is 0 Å². The fourth-order valence-corrected chi connectivity index (χ4v) is 3.57. The summed E-state index contributed by atoms with van der Waals surface area (Å²) in [4.78, 5) is 29.7. The van der Waals surface area contributed by atoms with Crippen molar-refractivity contribution in [1.82, 2.24) is 19.9 Å². The molecule has 26 heavy (non-hydrogen) atoms. The molecule has 0 bridgehead atoms. The summed E-state index contributed by atoms with van der Waals surface area (Å²) in [6.45, 7) is 5.59. The van der Waals surface area contributed by atoms with Gasteiger partial charge >= 0.3 is 0 Å². The number of aromatic nitrogens is 2. The lowest BCUT2D eigenvalue weighted by molar-refractivity contribution is 0.0699. The van der Waals surface area contributed by atoms with Gasteiger partial charge in [-0.2, -0.15) is 0 Å². The van der Waals surface area contributed by atoms with E-state index < -0.39 is 5.91 Å². The monoisotopic (exact) mass is 352 g/mol. The van der Waals surface area contributed by atoms with E-state index in [2.05, 4.69) is 11.1 Å². The van der Waals surface area contributed by atoms with E-state index in [0.29, 0.717) is 30.9 Å². The maximum absolute atomic E-state index is 13.0. The molecule has 0 spiro atoms. The zero-order chi connectivity index (χ0) is 18.4. The molecular formula is C19H20N4O3. The van der Waals surface area contributed by atoms with Gasteiger partial charge in [0.1, 0.15) is 5.69 Å². The van der Waals surface area contributed by atoms with Gasteiger partial charge in [0, 0.05) is 35.9 Å². The third-order valence-corrected chi connectivity index (χ3v) is 5.03. The minimum atomic E-state index is -0.549. The minimum Gasteiger partial charge on any atom is -0.350 e. The number of rotatable bonds is 2. The number of aromatic amines is 1. The van der Waals surface area contributed by atoms with Crippen molar-refractivity contribution in [3.8, 4) is 0 Å². The largest absolute Gasteiger partial charge is 0.350 e. The van der Waals surface area contributed by atoms with Gasteiger partial charge in [0.15, 0.2) is 0 Å². The highest BCUT2D eigenvalue weighted by atomic mass is 16.5. The first-order valence-corrected chi connectivity index (χ1v) is 8.49. The summed E-state index contributed by atoms with van der Waals surface area (Å²) < 4.78 is 1.94. The number of hydrogen-bond acceptors (Lipinski definition) is 3. The maximum Gasteiger partial charge on any atom is 0.276 e. The topological polar surface area (TPSA) is 90.4 Å². The number of hydroxylamine groups is 1. The Morgan fingerprint density at radius 1 is 1.19 bits per heavy atom. The third kappa shape index (κ3) is 2.57. The van der Waals surface area contributed by atoms with E-state index in [-0.39, 0.29) is 5.91 Å². The van der Waals surface area contributed by atoms with Gasteiger partial charge in [-0.1, -0.05) is 11.6 Å². The molecule has 1 aromatic carbocycles. The number of nitrogens with zero attached hydrogens (tertiary/aromatic N) is 2. The molecular weight excluding hydrogens is 332 g/mol. The molecule has 7 nitrogen and oxygen atoms in total. The van der Waals surface area contributed by atoms with Gasteiger partial charge in [-0.05, 0) is 37.6 Å². The Kier molecular flexibility index (Phi) is 3.81. The van der Waals surface area contributed by atoms with Crippen LogP contribution in [0.4, 0.5) is 0 Å². The Bertz CT molecular complexity index is 1030. The average Bonchev–Trinajstić information content (AvgIpc) is 3.21. The van der Waals surface area contributed by atoms with Crippen molar-refractivity contribution in [3.05, 3.63) is 58.5 Å². The Morgan fingerprint density at radius 3 is 2.77 bits per heavy atom. The van der Waals surface area contributed by atoms with Gasteiger partial charge in [0.25, 0.3) is 11.8 Å². The van der Waals surface area contributed by atoms with Gasteiger partial charge < -0.3 is 14.5 Å². The molecule has 3 aromatic rings. The molecule has 3 heterocycles. The molecule has 2 aromatic heterocycles. The Labute approximate surface area is 150 Å². The molecule has 0 radical (unpaired) electrons. The predicted molar refractivity (Wildman–Crippen MR) is 96.2 cm³/mol. The number of benzene rings is 1. The third-order valence-electron chi connectivity index (χ3n) is 5.03. The summed E-state index contributed by atoms with van der Waals surface area (Å²) in [6, 6.07) is 7.80. The van der Waals surface area contributed by atoms with Crippen LogP contribution in [-0.2, 0) is 13.1 Å². The van der Waals surface area contributed by atoms with E-state index in [1.165, 1.54) is 0 Å². The number of fused-ring (bicyclic) bond motifs is 2. The number of nitrogens with one attached hydrogen (secondary N) is 2. The van der Waals surface area contributed by atoms with Gasteiger partial charge in [0.05, 0.1) is 12.1 Å². The zero-order valence-electron chi connectivity index (χ0n) is 14.7. The van der Waals surface area contributed by atoms with Crippen molar-refractivity contribution in [3.63, 3.8) is 0 Å². The second kappa shape index (κ2) is 6.03. The second-order valence-corrected chi connectivity index (χ2v) is 6.76. The quantitative estimate of drug-likeness (QED) is 0.488. The van der Waals surface area contributed by atoms with Crippen LogP contribution in [-0.4, -0.2) is 38.0 Å². The van der Waals surface area contributed by atoms with Crippen molar-refractivity contribution in [1.29, 1.82) is 0 Å². The molecule has 1 aliphatic heterocycles. The minimum absolute atomic E-state index is 0.0445. The van der Waals surface area contributed by atoms with Crippen LogP contribution < -0.4 is 5.48 Å². The molecule has 0 saturated heterocycles. The number of carbonyl (C=O) groups is 2. The number of amides is 2. The fraction of sp³-hybridized carbons (Fsp3) is 0.263. The Morgan fingerprint density at radius 2 is 2.00 bits per heavy atom. The SMILES string of the molecule is Cc1ccc2[nH]c(C(=O)N3CCn4cc(C(=O)NO)cc4C3)c(C)c2c1. The molecule has 7 heteroatoms. The second-order valence-electron chi connectivity index (χ2n) is 6.76. The average molecular weight is 352 g/mol. The van der Waals surface area contributed by atoms with Crippen molar-refractivity contribution in [2.75, 3.05) is 6.54 Å². The first-order valence-electron chi connectivity index (χ1n) is 8.49. The standard InChI is InChI=1S/C19H20N4O3/c1-11-3-4-16-15(7-11)12(2)17(20-16)19(25)23-6-5-22-9-13(18(24)21-26)8-14(22)10-23/h3-4,7-9,20,26H,5-6,10H2,1-2H3,(H,21,24). The van der Waals surface area contributed by atoms with E-state index in [4.69, 9.17) is 5.21 Å². The van der Waals surface area contributed by atoms with E-state index in [1.807, 2.05) is 30.5 Å². The normalized spacial score (nSPS) is 13.7. The summed E-state index contributed by atoms with van der Waals surface area (Å²) in [6.07, 6.45) is 1.69. The molecule has 0 unspecified atom stereocenters. The lowest BCUT2D eigenvalue weighted by atomic mass is 10.1. The molecule has 0 fully saturated rings. The summed E-state index contributed by atoms with van der Waals surface area (Å²) in [5, 5.41) is 9.85. The molecule has 2 amide bonds. The van der Waals surface area contributed by atoms with Crippen LogP contribution in [0.25, 0.3) is 10.9 Å². The lowest BCUT2D eigenvalue weighted by Crippen LogP contribution is -2.38. The van der Waals surface area contributed by atoms with Crippen LogP contribution in [0.1, 0.15) is 37.7 Å². The predicted octanol–water partition coefficient (Wildman–Crippen LogP) is 2.36. The van der Waals surface area contributed by atoms with E-state index in [0.717, 1.165) is 27.7 Å². The van der Waals surface area contributed by atoms with Crippen molar-refractivity contribution >= 4 is 22.7 Å². The molecule has 0 atom stereocenters. The number of hydrogen-bond donors (Lipinski definition) is 3. The smallest absolute Gasteiger partial charge is 0.276 e. The van der Waals surface area contributed by atoms with Crippen LogP contribution in [0.5, 0.6) is 0 Å². The highest BCUT2D eigenvalue weighted by Gasteiger charge is 2.26. The molecule has 0 saturated carbocycles. The summed E-state index contributed by atoms with van der Waals surface area (Å²) >= 11 is 0. The molecule has 3 N–H and O–H groups in total. The van der Waals surface area contributed by atoms with Gasteiger partial charge in [-0.15, -0.1) is 0 Å². The van der Waals surface area contributed by atoms with Crippen LogP contribution in [0, 0.1) is 13.8 Å². The van der Waals surface area contributed by atoms with Crippen molar-refractivity contribution in [2.24, 2.45) is 0 Å². The first kappa shape index (κ1) is 16.4. The van der Waals surface area contributed by atoms with Gasteiger partial charge in [0.2, 0.25) is 0 Å². The van der Waals surface area contributed by atoms with Crippen LogP contribution in [0.3, 0.4) is 0 Å². The number of H-pyrrole nitrogens is 1. The fourth-order valence-electron chi connectivity index (χ4n) is 3.57. The Balaban J connectivity index is 1.63. The highest BCUT2D eigenvalue weighted by molar-refractivity contribution is 6.01. The van der Waals surface area contributed by atoms with Crippen molar-refractivity contribution < 1.29 is 14.8 Å². The number of carbonyl (C=O) groups excluding carboxylic acids is 2. The molecule has 4 rings (SSSR count). The summed E-state index contributed by atoms with van der Waals surface area (Å²) in [5.74, 6) is -0.594. The lowest BCUT2D eigenvalue weighted by Gasteiger charge is -2.28. The van der Waals surface area contributed by atoms with Crippen molar-refractivity contribution in [2.45, 2.75) is 26.9 Å².